The molecule has 1 heterocycles. The maximum atomic E-state index is 5.87. The summed E-state index contributed by atoms with van der Waals surface area (Å²) in [4.78, 5) is 0. The predicted molar refractivity (Wildman–Crippen MR) is 55.7 cm³/mol. The van der Waals surface area contributed by atoms with Gasteiger partial charge in [0.2, 0.25) is 0 Å². The molecule has 0 saturated carbocycles. The summed E-state index contributed by atoms with van der Waals surface area (Å²) in [6.45, 7) is 0. The monoisotopic (exact) mass is 237 g/mol. The molecule has 13 heavy (non-hydrogen) atoms. The highest BCUT2D eigenvalue weighted by molar-refractivity contribution is 9.10. The molecule has 0 aliphatic rings. The van der Waals surface area contributed by atoms with E-state index in [0.717, 1.165) is 10.2 Å². The third kappa shape index (κ3) is 1.45. The quantitative estimate of drug-likeness (QED) is 0.774. The van der Waals surface area contributed by atoms with Gasteiger partial charge in [-0.2, -0.15) is 5.10 Å². The van der Waals surface area contributed by atoms with E-state index in [1.807, 2.05) is 30.5 Å². The summed E-state index contributed by atoms with van der Waals surface area (Å²) in [6.07, 6.45) is 3.58. The summed E-state index contributed by atoms with van der Waals surface area (Å²) in [5, 5.41) is 4.10. The Balaban J connectivity index is 2.59. The van der Waals surface area contributed by atoms with Crippen LogP contribution >= 0.6 is 15.9 Å². The van der Waals surface area contributed by atoms with E-state index >= 15 is 0 Å². The summed E-state index contributed by atoms with van der Waals surface area (Å²) in [5.74, 6) is 0. The summed E-state index contributed by atoms with van der Waals surface area (Å²) in [6, 6.07) is 7.62. The maximum absolute atomic E-state index is 5.87. The van der Waals surface area contributed by atoms with E-state index in [1.165, 1.54) is 0 Å². The molecule has 0 atom stereocenters. The van der Waals surface area contributed by atoms with Crippen molar-refractivity contribution in [2.75, 3.05) is 5.73 Å². The van der Waals surface area contributed by atoms with Crippen LogP contribution in [-0.4, -0.2) is 9.78 Å². The molecule has 1 aromatic heterocycles. The topological polar surface area (TPSA) is 43.8 Å². The van der Waals surface area contributed by atoms with E-state index in [0.29, 0.717) is 5.69 Å². The summed E-state index contributed by atoms with van der Waals surface area (Å²) >= 11 is 3.37. The molecular weight excluding hydrogens is 230 g/mol. The van der Waals surface area contributed by atoms with Gasteiger partial charge in [-0.3, -0.25) is 0 Å². The largest absolute Gasteiger partial charge is 0.396 e. The number of para-hydroxylation sites is 1. The lowest BCUT2D eigenvalue weighted by Crippen LogP contribution is -2.00. The first-order valence-electron chi connectivity index (χ1n) is 3.83. The Morgan fingerprint density at radius 3 is 2.85 bits per heavy atom. The minimum absolute atomic E-state index is 0.700. The average Bonchev–Trinajstić information content (AvgIpc) is 2.62. The molecule has 0 aliphatic carbocycles. The fraction of sp³-hybridized carbons (Fsp3) is 0. The Kier molecular flexibility index (Phi) is 2.06. The second kappa shape index (κ2) is 3.22. The number of anilines is 1. The third-order valence-electron chi connectivity index (χ3n) is 1.78. The molecule has 0 unspecified atom stereocenters. The van der Waals surface area contributed by atoms with Crippen LogP contribution < -0.4 is 5.73 Å². The SMILES string of the molecule is Nc1c(Br)cccc1-n1cccn1. The van der Waals surface area contributed by atoms with Crippen LogP contribution in [0, 0.1) is 0 Å². The minimum atomic E-state index is 0.700. The molecule has 2 N–H and O–H groups in total. The molecule has 0 amide bonds. The number of benzene rings is 1. The fourth-order valence-corrected chi connectivity index (χ4v) is 1.49. The Labute approximate surface area is 84.3 Å². The van der Waals surface area contributed by atoms with Crippen LogP contribution in [0.5, 0.6) is 0 Å². The summed E-state index contributed by atoms with van der Waals surface area (Å²) in [7, 11) is 0. The molecule has 66 valence electrons. The van der Waals surface area contributed by atoms with Crippen LogP contribution in [0.4, 0.5) is 5.69 Å². The van der Waals surface area contributed by atoms with E-state index in [4.69, 9.17) is 5.73 Å². The molecule has 3 nitrogen and oxygen atoms in total. The molecule has 0 aliphatic heterocycles. The molecule has 1 aromatic carbocycles. The van der Waals surface area contributed by atoms with Gasteiger partial charge in [-0.15, -0.1) is 0 Å². The zero-order valence-corrected chi connectivity index (χ0v) is 8.40. The van der Waals surface area contributed by atoms with Gasteiger partial charge < -0.3 is 5.73 Å². The van der Waals surface area contributed by atoms with Gasteiger partial charge in [-0.25, -0.2) is 4.68 Å². The number of nitrogens with zero attached hydrogens (tertiary/aromatic N) is 2. The zero-order chi connectivity index (χ0) is 9.26. The molecule has 4 heteroatoms. The van der Waals surface area contributed by atoms with Gasteiger partial charge in [0, 0.05) is 16.9 Å². The van der Waals surface area contributed by atoms with Crippen molar-refractivity contribution in [1.82, 2.24) is 9.78 Å². The van der Waals surface area contributed by atoms with E-state index < -0.39 is 0 Å². The van der Waals surface area contributed by atoms with Crippen LogP contribution in [0.2, 0.25) is 0 Å². The first kappa shape index (κ1) is 8.31. The van der Waals surface area contributed by atoms with Crippen molar-refractivity contribution in [2.24, 2.45) is 0 Å². The van der Waals surface area contributed by atoms with Gasteiger partial charge in [0.25, 0.3) is 0 Å². The highest BCUT2D eigenvalue weighted by Gasteiger charge is 2.03. The molecule has 0 radical (unpaired) electrons. The van der Waals surface area contributed by atoms with Gasteiger partial charge in [0.15, 0.2) is 0 Å². The standard InChI is InChI=1S/C9H8BrN3/c10-7-3-1-4-8(9(7)11)13-6-2-5-12-13/h1-6H,11H2. The summed E-state index contributed by atoms with van der Waals surface area (Å²) in [5.41, 5.74) is 7.45. The third-order valence-corrected chi connectivity index (χ3v) is 2.47. The Hall–Kier alpha value is -1.29. The number of rotatable bonds is 1. The van der Waals surface area contributed by atoms with Gasteiger partial charge in [-0.05, 0) is 34.1 Å². The van der Waals surface area contributed by atoms with Crippen molar-refractivity contribution in [2.45, 2.75) is 0 Å². The lowest BCUT2D eigenvalue weighted by molar-refractivity contribution is 0.882. The predicted octanol–water partition coefficient (Wildman–Crippen LogP) is 2.22. The molecule has 0 fully saturated rings. The minimum Gasteiger partial charge on any atom is -0.396 e. The Morgan fingerprint density at radius 1 is 1.31 bits per heavy atom. The summed E-state index contributed by atoms with van der Waals surface area (Å²) < 4.78 is 2.63. The van der Waals surface area contributed by atoms with Crippen molar-refractivity contribution < 1.29 is 0 Å². The molecule has 2 aromatic rings. The van der Waals surface area contributed by atoms with Crippen molar-refractivity contribution in [1.29, 1.82) is 0 Å². The number of aromatic nitrogens is 2. The first-order chi connectivity index (χ1) is 6.29. The normalized spacial score (nSPS) is 10.2. The van der Waals surface area contributed by atoms with E-state index in [-0.39, 0.29) is 0 Å². The molecule has 0 bridgehead atoms. The number of hydrogen-bond acceptors (Lipinski definition) is 2. The van der Waals surface area contributed by atoms with Gasteiger partial charge in [-0.1, -0.05) is 6.07 Å². The zero-order valence-electron chi connectivity index (χ0n) is 6.81. The Bertz CT molecular complexity index is 409. The molecule has 2 rings (SSSR count). The molecular formula is C9H8BrN3. The number of halogens is 1. The van der Waals surface area contributed by atoms with Crippen molar-refractivity contribution in [3.63, 3.8) is 0 Å². The van der Waals surface area contributed by atoms with Crippen LogP contribution in [0.1, 0.15) is 0 Å². The fourth-order valence-electron chi connectivity index (χ4n) is 1.14. The number of nitrogen functional groups attached to an aromatic ring is 1. The van der Waals surface area contributed by atoms with Gasteiger partial charge in [0.05, 0.1) is 11.4 Å². The number of hydrogen-bond donors (Lipinski definition) is 1. The maximum Gasteiger partial charge on any atom is 0.0886 e. The highest BCUT2D eigenvalue weighted by atomic mass is 79.9. The number of nitrogens with two attached hydrogens (primary N) is 1. The second-order valence-electron chi connectivity index (χ2n) is 2.62. The van der Waals surface area contributed by atoms with E-state index in [9.17, 15) is 0 Å². The molecule has 0 spiro atoms. The van der Waals surface area contributed by atoms with Crippen molar-refractivity contribution >= 4 is 21.6 Å². The second-order valence-corrected chi connectivity index (χ2v) is 3.48. The molecule has 0 saturated heterocycles. The van der Waals surface area contributed by atoms with Crippen LogP contribution in [0.25, 0.3) is 5.69 Å². The van der Waals surface area contributed by atoms with E-state index in [2.05, 4.69) is 21.0 Å². The first-order valence-corrected chi connectivity index (χ1v) is 4.62. The lowest BCUT2D eigenvalue weighted by Gasteiger charge is -2.06. The Morgan fingerprint density at radius 2 is 2.15 bits per heavy atom. The van der Waals surface area contributed by atoms with Gasteiger partial charge in [0.1, 0.15) is 0 Å². The highest BCUT2D eigenvalue weighted by Crippen LogP contribution is 2.25. The smallest absolute Gasteiger partial charge is 0.0886 e. The lowest BCUT2D eigenvalue weighted by atomic mass is 10.3. The van der Waals surface area contributed by atoms with Crippen LogP contribution in [0.15, 0.2) is 41.1 Å². The van der Waals surface area contributed by atoms with Gasteiger partial charge >= 0.3 is 0 Å². The van der Waals surface area contributed by atoms with E-state index in [1.54, 1.807) is 10.9 Å². The van der Waals surface area contributed by atoms with Crippen molar-refractivity contribution in [3.05, 3.63) is 41.1 Å². The van der Waals surface area contributed by atoms with Crippen molar-refractivity contribution in [3.8, 4) is 5.69 Å². The van der Waals surface area contributed by atoms with Crippen LogP contribution in [-0.2, 0) is 0 Å². The average molecular weight is 238 g/mol. The van der Waals surface area contributed by atoms with Crippen LogP contribution in [0.3, 0.4) is 0 Å².